The average Bonchev–Trinajstić information content (AvgIpc) is 3.01. The molecule has 0 amide bonds. The first-order valence-electron chi connectivity index (χ1n) is 6.66. The lowest BCUT2D eigenvalue weighted by molar-refractivity contribution is -0.0744. The van der Waals surface area contributed by atoms with E-state index in [1.807, 2.05) is 11.8 Å². The van der Waals surface area contributed by atoms with Gasteiger partial charge in [-0.25, -0.2) is 0 Å². The number of methoxy groups -OCH3 is 1. The molecule has 0 aromatic heterocycles. The zero-order valence-corrected chi connectivity index (χ0v) is 11.9. The molecule has 2 atom stereocenters. The Balaban J connectivity index is 1.68. The van der Waals surface area contributed by atoms with Crippen molar-refractivity contribution in [3.05, 3.63) is 41.3 Å². The van der Waals surface area contributed by atoms with Crippen molar-refractivity contribution in [1.82, 2.24) is 4.90 Å². The predicted molar refractivity (Wildman–Crippen MR) is 77.1 cm³/mol. The third kappa shape index (κ3) is 2.87. The summed E-state index contributed by atoms with van der Waals surface area (Å²) < 4.78 is 10.9. The van der Waals surface area contributed by atoms with Crippen molar-refractivity contribution >= 4 is 11.8 Å². The van der Waals surface area contributed by atoms with Gasteiger partial charge in [-0.05, 0) is 18.6 Å². The maximum atomic E-state index is 5.82. The quantitative estimate of drug-likeness (QED) is 0.771. The van der Waals surface area contributed by atoms with Gasteiger partial charge in [0.05, 0.1) is 12.1 Å². The molecular weight excluding hydrogens is 258 g/mol. The standard InChI is InChI=1S/C15H19NO2S/c1-17-11-18-13-7-9-16-10-8-14(15(13)16)19-12-5-3-2-4-6-12/h2-6,8,13,15H,7,9-11H2,1H3/t13-,15-/m0/s1. The fraction of sp³-hybridized carbons (Fsp3) is 0.467. The molecule has 4 heteroatoms. The van der Waals surface area contributed by atoms with Crippen molar-refractivity contribution in [2.24, 2.45) is 0 Å². The van der Waals surface area contributed by atoms with Crippen LogP contribution in [0.25, 0.3) is 0 Å². The van der Waals surface area contributed by atoms with E-state index in [1.165, 1.54) is 9.80 Å². The molecule has 0 N–H and O–H groups in total. The number of rotatable bonds is 5. The first-order chi connectivity index (χ1) is 9.38. The Hall–Kier alpha value is -0.810. The van der Waals surface area contributed by atoms with Crippen LogP contribution >= 0.6 is 11.8 Å². The van der Waals surface area contributed by atoms with E-state index in [2.05, 4.69) is 41.3 Å². The van der Waals surface area contributed by atoms with E-state index < -0.39 is 0 Å². The van der Waals surface area contributed by atoms with Crippen LogP contribution in [0.4, 0.5) is 0 Å². The van der Waals surface area contributed by atoms with Gasteiger partial charge in [-0.1, -0.05) is 36.0 Å². The number of benzene rings is 1. The van der Waals surface area contributed by atoms with Crippen LogP contribution in [-0.4, -0.2) is 44.0 Å². The highest BCUT2D eigenvalue weighted by Crippen LogP contribution is 2.40. The van der Waals surface area contributed by atoms with Crippen LogP contribution in [0.1, 0.15) is 6.42 Å². The Bertz CT molecular complexity index is 449. The van der Waals surface area contributed by atoms with Gasteiger partial charge in [0.15, 0.2) is 0 Å². The summed E-state index contributed by atoms with van der Waals surface area (Å²) in [6.07, 6.45) is 3.70. The summed E-state index contributed by atoms with van der Waals surface area (Å²) in [4.78, 5) is 5.21. The van der Waals surface area contributed by atoms with E-state index in [1.54, 1.807) is 7.11 Å². The summed E-state index contributed by atoms with van der Waals surface area (Å²) in [6.45, 7) is 2.55. The molecule has 102 valence electrons. The van der Waals surface area contributed by atoms with Crippen LogP contribution in [-0.2, 0) is 9.47 Å². The second kappa shape index (κ2) is 6.09. The van der Waals surface area contributed by atoms with Crippen molar-refractivity contribution in [2.45, 2.75) is 23.5 Å². The van der Waals surface area contributed by atoms with Crippen LogP contribution in [0.2, 0.25) is 0 Å². The summed E-state index contributed by atoms with van der Waals surface area (Å²) >= 11 is 1.86. The highest BCUT2D eigenvalue weighted by Gasteiger charge is 2.40. The maximum Gasteiger partial charge on any atom is 0.146 e. The Labute approximate surface area is 118 Å². The fourth-order valence-corrected chi connectivity index (χ4v) is 3.92. The number of ether oxygens (including phenoxy) is 2. The number of hydrogen-bond donors (Lipinski definition) is 0. The number of hydrogen-bond acceptors (Lipinski definition) is 4. The molecule has 1 aromatic carbocycles. The first-order valence-corrected chi connectivity index (χ1v) is 7.47. The minimum atomic E-state index is 0.268. The Kier molecular flexibility index (Phi) is 4.23. The zero-order valence-electron chi connectivity index (χ0n) is 11.1. The largest absolute Gasteiger partial charge is 0.359 e. The van der Waals surface area contributed by atoms with Crippen LogP contribution in [0.5, 0.6) is 0 Å². The van der Waals surface area contributed by atoms with Crippen molar-refractivity contribution in [3.63, 3.8) is 0 Å². The van der Waals surface area contributed by atoms with E-state index >= 15 is 0 Å². The molecule has 0 bridgehead atoms. The topological polar surface area (TPSA) is 21.7 Å². The van der Waals surface area contributed by atoms with E-state index in [9.17, 15) is 0 Å². The Morgan fingerprint density at radius 3 is 2.95 bits per heavy atom. The lowest BCUT2D eigenvalue weighted by atomic mass is 10.2. The SMILES string of the molecule is COCO[C@H]1CCN2CC=C(Sc3ccccc3)[C@H]12. The summed E-state index contributed by atoms with van der Waals surface area (Å²) in [6, 6.07) is 11.0. The smallest absolute Gasteiger partial charge is 0.146 e. The van der Waals surface area contributed by atoms with Gasteiger partial charge in [0, 0.05) is 30.0 Å². The van der Waals surface area contributed by atoms with Gasteiger partial charge in [0.1, 0.15) is 6.79 Å². The third-order valence-corrected chi connectivity index (χ3v) is 4.80. The lowest BCUT2D eigenvalue weighted by Gasteiger charge is -2.23. The molecule has 2 aliphatic rings. The molecule has 3 nitrogen and oxygen atoms in total. The van der Waals surface area contributed by atoms with Crippen molar-refractivity contribution in [1.29, 1.82) is 0 Å². The van der Waals surface area contributed by atoms with Crippen LogP contribution in [0, 0.1) is 0 Å². The average molecular weight is 277 g/mol. The van der Waals surface area contributed by atoms with E-state index in [-0.39, 0.29) is 6.10 Å². The number of thioether (sulfide) groups is 1. The lowest BCUT2D eigenvalue weighted by Crippen LogP contribution is -2.33. The molecular formula is C15H19NO2S. The monoisotopic (exact) mass is 277 g/mol. The van der Waals surface area contributed by atoms with Crippen molar-refractivity contribution in [2.75, 3.05) is 27.0 Å². The Morgan fingerprint density at radius 2 is 2.16 bits per heavy atom. The molecule has 0 unspecified atom stereocenters. The van der Waals surface area contributed by atoms with Gasteiger partial charge in [0.25, 0.3) is 0 Å². The van der Waals surface area contributed by atoms with Crippen LogP contribution < -0.4 is 0 Å². The summed E-state index contributed by atoms with van der Waals surface area (Å²) in [7, 11) is 1.68. The first kappa shape index (κ1) is 13.2. The minimum Gasteiger partial charge on any atom is -0.359 e. The fourth-order valence-electron chi connectivity index (χ4n) is 2.78. The third-order valence-electron chi connectivity index (χ3n) is 3.64. The summed E-state index contributed by atoms with van der Waals surface area (Å²) in [5.41, 5.74) is 0. The van der Waals surface area contributed by atoms with Gasteiger partial charge in [-0.3, -0.25) is 4.90 Å². The minimum absolute atomic E-state index is 0.268. The highest BCUT2D eigenvalue weighted by atomic mass is 32.2. The van der Waals surface area contributed by atoms with Crippen molar-refractivity contribution < 1.29 is 9.47 Å². The second-order valence-electron chi connectivity index (χ2n) is 4.86. The zero-order chi connectivity index (χ0) is 13.1. The summed E-state index contributed by atoms with van der Waals surface area (Å²) in [5, 5.41) is 0. The summed E-state index contributed by atoms with van der Waals surface area (Å²) in [5.74, 6) is 0. The second-order valence-corrected chi connectivity index (χ2v) is 6.01. The number of fused-ring (bicyclic) bond motifs is 1. The van der Waals surface area contributed by atoms with Gasteiger partial charge in [0.2, 0.25) is 0 Å². The number of nitrogens with zero attached hydrogens (tertiary/aromatic N) is 1. The van der Waals surface area contributed by atoms with E-state index in [0.29, 0.717) is 12.8 Å². The molecule has 1 saturated heterocycles. The van der Waals surface area contributed by atoms with E-state index in [4.69, 9.17) is 9.47 Å². The van der Waals surface area contributed by atoms with E-state index in [0.717, 1.165) is 19.5 Å². The molecule has 1 fully saturated rings. The highest BCUT2D eigenvalue weighted by molar-refractivity contribution is 8.03. The molecule has 2 aliphatic heterocycles. The van der Waals surface area contributed by atoms with Gasteiger partial charge in [-0.15, -0.1) is 0 Å². The molecule has 19 heavy (non-hydrogen) atoms. The molecule has 1 aromatic rings. The van der Waals surface area contributed by atoms with Gasteiger partial charge >= 0.3 is 0 Å². The van der Waals surface area contributed by atoms with Crippen molar-refractivity contribution in [3.8, 4) is 0 Å². The molecule has 0 spiro atoms. The predicted octanol–water partition coefficient (Wildman–Crippen LogP) is 2.74. The Morgan fingerprint density at radius 1 is 1.32 bits per heavy atom. The van der Waals surface area contributed by atoms with Crippen LogP contribution in [0.3, 0.4) is 0 Å². The van der Waals surface area contributed by atoms with Crippen LogP contribution in [0.15, 0.2) is 46.2 Å². The molecule has 0 radical (unpaired) electrons. The molecule has 0 saturated carbocycles. The molecule has 0 aliphatic carbocycles. The van der Waals surface area contributed by atoms with Gasteiger partial charge in [-0.2, -0.15) is 0 Å². The maximum absolute atomic E-state index is 5.82. The molecule has 3 rings (SSSR count). The normalized spacial score (nSPS) is 26.5. The van der Waals surface area contributed by atoms with Gasteiger partial charge < -0.3 is 9.47 Å². The molecule has 2 heterocycles.